The first-order chi connectivity index (χ1) is 7.66. The lowest BCUT2D eigenvalue weighted by Crippen LogP contribution is -2.45. The molecule has 3 nitrogen and oxygen atoms in total. The number of hydrogen-bond donors (Lipinski definition) is 1. The maximum Gasteiger partial charge on any atom is 0.250 e. The second-order valence-corrected chi connectivity index (χ2v) is 4.71. The zero-order valence-corrected chi connectivity index (χ0v) is 9.55. The molecule has 2 rings (SSSR count). The van der Waals surface area contributed by atoms with Gasteiger partial charge < -0.3 is 15.0 Å². The molecule has 2 aliphatic heterocycles. The number of alkyl halides is 2. The van der Waals surface area contributed by atoms with Gasteiger partial charge in [-0.15, -0.1) is 0 Å². The van der Waals surface area contributed by atoms with E-state index in [1.807, 2.05) is 0 Å². The normalized spacial score (nSPS) is 31.5. The Morgan fingerprint density at radius 1 is 1.31 bits per heavy atom. The minimum absolute atomic E-state index is 0.0155. The first-order valence-corrected chi connectivity index (χ1v) is 6.07. The number of rotatable bonds is 3. The number of hydrogen-bond acceptors (Lipinski definition) is 3. The van der Waals surface area contributed by atoms with Gasteiger partial charge in [0.1, 0.15) is 0 Å². The summed E-state index contributed by atoms with van der Waals surface area (Å²) in [7, 11) is 0. The topological polar surface area (TPSA) is 24.5 Å². The number of morpholine rings is 1. The molecule has 0 aliphatic carbocycles. The molecule has 1 N–H and O–H groups in total. The number of ether oxygens (including phenoxy) is 1. The van der Waals surface area contributed by atoms with Crippen molar-refractivity contribution in [1.82, 2.24) is 10.2 Å². The number of halogens is 2. The second kappa shape index (κ2) is 5.38. The Morgan fingerprint density at radius 3 is 2.69 bits per heavy atom. The molecule has 0 spiro atoms. The Morgan fingerprint density at radius 2 is 2.06 bits per heavy atom. The van der Waals surface area contributed by atoms with Crippen LogP contribution in [0.25, 0.3) is 0 Å². The molecule has 0 saturated carbocycles. The van der Waals surface area contributed by atoms with E-state index >= 15 is 0 Å². The third-order valence-electron chi connectivity index (χ3n) is 3.38. The molecule has 0 aromatic carbocycles. The lowest BCUT2D eigenvalue weighted by atomic mass is 10.1. The molecule has 1 unspecified atom stereocenters. The molecule has 0 radical (unpaired) electrons. The molecule has 2 saturated heterocycles. The van der Waals surface area contributed by atoms with E-state index in [-0.39, 0.29) is 12.8 Å². The Labute approximate surface area is 95.1 Å². The molecule has 0 bridgehead atoms. The van der Waals surface area contributed by atoms with Crippen molar-refractivity contribution in [3.05, 3.63) is 0 Å². The molecule has 2 aliphatic rings. The molecule has 94 valence electrons. The van der Waals surface area contributed by atoms with E-state index in [2.05, 4.69) is 10.2 Å². The molecule has 1 atom stereocenters. The molecule has 0 aromatic rings. The minimum Gasteiger partial charge on any atom is -0.379 e. The van der Waals surface area contributed by atoms with Gasteiger partial charge in [-0.2, -0.15) is 0 Å². The van der Waals surface area contributed by atoms with Gasteiger partial charge in [-0.25, -0.2) is 8.78 Å². The zero-order valence-electron chi connectivity index (χ0n) is 9.55. The van der Waals surface area contributed by atoms with Crippen molar-refractivity contribution >= 4 is 0 Å². The van der Waals surface area contributed by atoms with Gasteiger partial charge in [-0.05, 0) is 13.0 Å². The summed E-state index contributed by atoms with van der Waals surface area (Å²) in [5.41, 5.74) is 0. The number of nitrogens with one attached hydrogen (secondary N) is 1. The first kappa shape index (κ1) is 12.2. The van der Waals surface area contributed by atoms with E-state index in [1.54, 1.807) is 0 Å². The predicted molar refractivity (Wildman–Crippen MR) is 57.8 cm³/mol. The fraction of sp³-hybridized carbons (Fsp3) is 1.00. The van der Waals surface area contributed by atoms with Crippen LogP contribution < -0.4 is 5.32 Å². The quantitative estimate of drug-likeness (QED) is 0.791. The van der Waals surface area contributed by atoms with Crippen molar-refractivity contribution in [2.45, 2.75) is 31.2 Å². The van der Waals surface area contributed by atoms with Crippen molar-refractivity contribution in [2.75, 3.05) is 39.4 Å². The minimum atomic E-state index is -2.43. The molecule has 0 aromatic heterocycles. The van der Waals surface area contributed by atoms with E-state index < -0.39 is 5.92 Å². The number of likely N-dealkylation sites (tertiary alicyclic amines) is 1. The molecule has 5 heteroatoms. The fourth-order valence-corrected chi connectivity index (χ4v) is 2.25. The highest BCUT2D eigenvalue weighted by molar-refractivity contribution is 4.79. The lowest BCUT2D eigenvalue weighted by Gasteiger charge is -2.33. The third-order valence-corrected chi connectivity index (χ3v) is 3.38. The Hall–Kier alpha value is -0.260. The Balaban J connectivity index is 1.63. The van der Waals surface area contributed by atoms with Gasteiger partial charge in [0.2, 0.25) is 0 Å². The SMILES string of the molecule is FC1(F)CCN(CCC2COCCN2)CC1. The predicted octanol–water partition coefficient (Wildman–Crippen LogP) is 1.10. The summed E-state index contributed by atoms with van der Waals surface area (Å²) < 4.78 is 31.2. The van der Waals surface area contributed by atoms with Crippen LogP contribution in [0.2, 0.25) is 0 Å². The Bertz CT molecular complexity index is 210. The highest BCUT2D eigenvalue weighted by atomic mass is 19.3. The van der Waals surface area contributed by atoms with Gasteiger partial charge in [-0.1, -0.05) is 0 Å². The molecule has 0 amide bonds. The highest BCUT2D eigenvalue weighted by Crippen LogP contribution is 2.27. The van der Waals surface area contributed by atoms with Crippen molar-refractivity contribution < 1.29 is 13.5 Å². The summed E-state index contributed by atoms with van der Waals surface area (Å²) in [5.74, 6) is -2.43. The van der Waals surface area contributed by atoms with Crippen molar-refractivity contribution in [2.24, 2.45) is 0 Å². The van der Waals surface area contributed by atoms with E-state index in [0.717, 1.165) is 32.7 Å². The van der Waals surface area contributed by atoms with Crippen molar-refractivity contribution in [3.8, 4) is 0 Å². The third kappa shape index (κ3) is 3.64. The van der Waals surface area contributed by atoms with Gasteiger partial charge in [0, 0.05) is 38.5 Å². The lowest BCUT2D eigenvalue weighted by molar-refractivity contribution is -0.0561. The van der Waals surface area contributed by atoms with Crippen LogP contribution in [0.5, 0.6) is 0 Å². The summed E-state index contributed by atoms with van der Waals surface area (Å²) in [4.78, 5) is 2.13. The summed E-state index contributed by atoms with van der Waals surface area (Å²) in [5, 5.41) is 3.38. The van der Waals surface area contributed by atoms with Crippen LogP contribution in [0.3, 0.4) is 0 Å². The van der Waals surface area contributed by atoms with Crippen LogP contribution in [0.4, 0.5) is 8.78 Å². The number of nitrogens with zero attached hydrogens (tertiary/aromatic N) is 1. The van der Waals surface area contributed by atoms with E-state index in [4.69, 9.17) is 4.74 Å². The molecule has 2 fully saturated rings. The van der Waals surface area contributed by atoms with E-state index in [1.165, 1.54) is 0 Å². The second-order valence-electron chi connectivity index (χ2n) is 4.71. The summed E-state index contributed by atoms with van der Waals surface area (Å²) in [6, 6.07) is 0.399. The summed E-state index contributed by atoms with van der Waals surface area (Å²) in [6.45, 7) is 4.40. The zero-order chi connectivity index (χ0) is 11.4. The van der Waals surface area contributed by atoms with Crippen molar-refractivity contribution in [3.63, 3.8) is 0 Å². The van der Waals surface area contributed by atoms with Crippen LogP contribution in [-0.2, 0) is 4.74 Å². The van der Waals surface area contributed by atoms with Crippen LogP contribution in [0, 0.1) is 0 Å². The molecular formula is C11H20F2N2O. The molecular weight excluding hydrogens is 214 g/mol. The van der Waals surface area contributed by atoms with Crippen LogP contribution in [-0.4, -0.2) is 56.3 Å². The number of piperidine rings is 1. The average molecular weight is 234 g/mol. The maximum atomic E-state index is 12.9. The maximum absolute atomic E-state index is 12.9. The largest absolute Gasteiger partial charge is 0.379 e. The molecule has 2 heterocycles. The van der Waals surface area contributed by atoms with E-state index in [9.17, 15) is 8.78 Å². The average Bonchev–Trinajstić information content (AvgIpc) is 2.29. The van der Waals surface area contributed by atoms with Gasteiger partial charge in [0.05, 0.1) is 13.2 Å². The first-order valence-electron chi connectivity index (χ1n) is 6.07. The van der Waals surface area contributed by atoms with Gasteiger partial charge in [-0.3, -0.25) is 0 Å². The van der Waals surface area contributed by atoms with Gasteiger partial charge in [0.15, 0.2) is 0 Å². The molecule has 16 heavy (non-hydrogen) atoms. The highest BCUT2D eigenvalue weighted by Gasteiger charge is 2.33. The summed E-state index contributed by atoms with van der Waals surface area (Å²) in [6.07, 6.45) is 1.02. The smallest absolute Gasteiger partial charge is 0.250 e. The van der Waals surface area contributed by atoms with Crippen LogP contribution in [0.1, 0.15) is 19.3 Å². The fourth-order valence-electron chi connectivity index (χ4n) is 2.25. The van der Waals surface area contributed by atoms with Crippen molar-refractivity contribution in [1.29, 1.82) is 0 Å². The summed E-state index contributed by atoms with van der Waals surface area (Å²) >= 11 is 0. The van der Waals surface area contributed by atoms with Gasteiger partial charge >= 0.3 is 0 Å². The monoisotopic (exact) mass is 234 g/mol. The van der Waals surface area contributed by atoms with Gasteiger partial charge in [0.25, 0.3) is 5.92 Å². The van der Waals surface area contributed by atoms with Crippen LogP contribution >= 0.6 is 0 Å². The van der Waals surface area contributed by atoms with Crippen LogP contribution in [0.15, 0.2) is 0 Å². The van der Waals surface area contributed by atoms with E-state index in [0.29, 0.717) is 19.1 Å². The Kier molecular flexibility index (Phi) is 4.10. The standard InChI is InChI=1S/C11H20F2N2O/c12-11(13)2-6-15(7-3-11)5-1-10-9-16-8-4-14-10/h10,14H,1-9H2.